The first-order chi connectivity index (χ1) is 12.4. The van der Waals surface area contributed by atoms with Crippen LogP contribution >= 0.6 is 0 Å². The number of hydrogen-bond acceptors (Lipinski definition) is 4. The van der Waals surface area contributed by atoms with Crippen molar-refractivity contribution in [2.45, 2.75) is 13.5 Å². The normalized spacial score (nSPS) is 10.5. The number of amides is 2. The topological polar surface area (TPSA) is 113 Å². The second-order valence-corrected chi connectivity index (χ2v) is 5.86. The number of hydrogen-bond donors (Lipinski definition) is 2. The van der Waals surface area contributed by atoms with E-state index < -0.39 is 11.8 Å². The molecule has 3 aromatic rings. The van der Waals surface area contributed by atoms with Crippen molar-refractivity contribution in [1.29, 1.82) is 0 Å². The molecule has 7 heteroatoms. The van der Waals surface area contributed by atoms with Gasteiger partial charge < -0.3 is 20.8 Å². The predicted octanol–water partition coefficient (Wildman–Crippen LogP) is 2.23. The maximum atomic E-state index is 11.6. The Bertz CT molecular complexity index is 944. The van der Waals surface area contributed by atoms with Gasteiger partial charge in [0.25, 0.3) is 11.8 Å². The Balaban J connectivity index is 1.76. The molecule has 132 valence electrons. The number of ether oxygens (including phenoxy) is 1. The van der Waals surface area contributed by atoms with Gasteiger partial charge in [-0.15, -0.1) is 0 Å². The summed E-state index contributed by atoms with van der Waals surface area (Å²) in [4.78, 5) is 26.8. The third-order valence-corrected chi connectivity index (χ3v) is 3.84. The standard InChI is InChI=1S/C19H18N4O3/c1-12-2-6-14(7-3-12)26-15-8-4-13(5-9-15)10-23-11-22-16(18(20)24)17(23)19(21)25/h2-9,11H,10H2,1H3,(H2,20,24)(H2,21,25). The smallest absolute Gasteiger partial charge is 0.269 e. The summed E-state index contributed by atoms with van der Waals surface area (Å²) in [6, 6.07) is 15.1. The summed E-state index contributed by atoms with van der Waals surface area (Å²) in [5.41, 5.74) is 12.5. The van der Waals surface area contributed by atoms with Crippen molar-refractivity contribution in [3.05, 3.63) is 77.4 Å². The summed E-state index contributed by atoms with van der Waals surface area (Å²) in [5, 5.41) is 0. The van der Waals surface area contributed by atoms with Crippen molar-refractivity contribution < 1.29 is 14.3 Å². The van der Waals surface area contributed by atoms with Crippen molar-refractivity contribution in [2.75, 3.05) is 0 Å². The molecule has 0 aliphatic carbocycles. The highest BCUT2D eigenvalue weighted by Crippen LogP contribution is 2.22. The molecule has 0 aliphatic rings. The molecule has 0 radical (unpaired) electrons. The molecule has 26 heavy (non-hydrogen) atoms. The van der Waals surface area contributed by atoms with Crippen molar-refractivity contribution in [1.82, 2.24) is 9.55 Å². The van der Waals surface area contributed by atoms with Gasteiger partial charge >= 0.3 is 0 Å². The van der Waals surface area contributed by atoms with Gasteiger partial charge in [0, 0.05) is 6.54 Å². The Labute approximate surface area is 150 Å². The van der Waals surface area contributed by atoms with Crippen LogP contribution in [0.2, 0.25) is 0 Å². The molecule has 0 atom stereocenters. The fourth-order valence-corrected chi connectivity index (χ4v) is 2.54. The molecule has 0 fully saturated rings. The van der Waals surface area contributed by atoms with E-state index in [1.165, 1.54) is 10.9 Å². The number of primary amides is 2. The van der Waals surface area contributed by atoms with E-state index >= 15 is 0 Å². The van der Waals surface area contributed by atoms with Gasteiger partial charge in [-0.2, -0.15) is 0 Å². The highest BCUT2D eigenvalue weighted by molar-refractivity contribution is 6.03. The van der Waals surface area contributed by atoms with E-state index in [4.69, 9.17) is 16.2 Å². The average molecular weight is 350 g/mol. The molecule has 3 rings (SSSR count). The molecule has 0 unspecified atom stereocenters. The summed E-state index contributed by atoms with van der Waals surface area (Å²) in [6.07, 6.45) is 1.37. The molecular weight excluding hydrogens is 332 g/mol. The van der Waals surface area contributed by atoms with E-state index in [2.05, 4.69) is 4.98 Å². The largest absolute Gasteiger partial charge is 0.457 e. The monoisotopic (exact) mass is 350 g/mol. The number of benzene rings is 2. The molecule has 0 saturated carbocycles. The lowest BCUT2D eigenvalue weighted by Crippen LogP contribution is -2.23. The van der Waals surface area contributed by atoms with E-state index in [9.17, 15) is 9.59 Å². The fraction of sp³-hybridized carbons (Fsp3) is 0.105. The fourth-order valence-electron chi connectivity index (χ4n) is 2.54. The number of nitrogens with two attached hydrogens (primary N) is 2. The molecule has 1 aromatic heterocycles. The summed E-state index contributed by atoms with van der Waals surface area (Å²) in [6.45, 7) is 2.34. The van der Waals surface area contributed by atoms with Gasteiger partial charge in [0.05, 0.1) is 6.33 Å². The van der Waals surface area contributed by atoms with Crippen LogP contribution in [0, 0.1) is 6.92 Å². The molecule has 0 saturated heterocycles. The zero-order valence-corrected chi connectivity index (χ0v) is 14.2. The number of aryl methyl sites for hydroxylation is 1. The van der Waals surface area contributed by atoms with Crippen LogP contribution < -0.4 is 16.2 Å². The molecule has 0 aliphatic heterocycles. The first-order valence-electron chi connectivity index (χ1n) is 7.92. The lowest BCUT2D eigenvalue weighted by molar-refractivity contribution is 0.0959. The molecule has 0 bridgehead atoms. The van der Waals surface area contributed by atoms with E-state index in [0.29, 0.717) is 12.3 Å². The van der Waals surface area contributed by atoms with Gasteiger partial charge in [-0.25, -0.2) is 4.98 Å². The van der Waals surface area contributed by atoms with E-state index in [1.807, 2.05) is 55.5 Å². The Hall–Kier alpha value is -3.61. The lowest BCUT2D eigenvalue weighted by atomic mass is 10.2. The third-order valence-electron chi connectivity index (χ3n) is 3.84. The predicted molar refractivity (Wildman–Crippen MR) is 96.1 cm³/mol. The minimum absolute atomic E-state index is 0.00233. The van der Waals surface area contributed by atoms with Crippen molar-refractivity contribution >= 4 is 11.8 Å². The van der Waals surface area contributed by atoms with Crippen LogP contribution in [0.1, 0.15) is 32.1 Å². The third kappa shape index (κ3) is 3.72. The minimum atomic E-state index is -0.792. The summed E-state index contributed by atoms with van der Waals surface area (Å²) in [7, 11) is 0. The summed E-state index contributed by atoms with van der Waals surface area (Å²) < 4.78 is 7.28. The second-order valence-electron chi connectivity index (χ2n) is 5.86. The van der Waals surface area contributed by atoms with Crippen LogP contribution in [-0.4, -0.2) is 21.4 Å². The number of imidazole rings is 1. The van der Waals surface area contributed by atoms with Crippen LogP contribution in [0.25, 0.3) is 0 Å². The Kier molecular flexibility index (Phi) is 4.70. The van der Waals surface area contributed by atoms with Gasteiger partial charge in [-0.1, -0.05) is 29.8 Å². The molecule has 4 N–H and O–H groups in total. The summed E-state index contributed by atoms with van der Waals surface area (Å²) >= 11 is 0. The van der Waals surface area contributed by atoms with Crippen LogP contribution in [0.5, 0.6) is 11.5 Å². The minimum Gasteiger partial charge on any atom is -0.457 e. The average Bonchev–Trinajstić information content (AvgIpc) is 3.03. The molecule has 2 amide bonds. The van der Waals surface area contributed by atoms with Crippen LogP contribution in [0.4, 0.5) is 0 Å². The highest BCUT2D eigenvalue weighted by Gasteiger charge is 2.20. The molecular formula is C19H18N4O3. The number of carbonyl (C=O) groups is 2. The maximum absolute atomic E-state index is 11.6. The van der Waals surface area contributed by atoms with Gasteiger partial charge in [0.15, 0.2) is 5.69 Å². The second kappa shape index (κ2) is 7.10. The Morgan fingerprint density at radius 2 is 1.54 bits per heavy atom. The van der Waals surface area contributed by atoms with Gasteiger partial charge in [-0.05, 0) is 36.8 Å². The maximum Gasteiger partial charge on any atom is 0.269 e. The number of aromatic nitrogens is 2. The zero-order chi connectivity index (χ0) is 18.7. The van der Waals surface area contributed by atoms with Crippen LogP contribution in [0.3, 0.4) is 0 Å². The van der Waals surface area contributed by atoms with Crippen LogP contribution in [-0.2, 0) is 6.54 Å². The lowest BCUT2D eigenvalue weighted by Gasteiger charge is -2.09. The molecule has 2 aromatic carbocycles. The van der Waals surface area contributed by atoms with Crippen molar-refractivity contribution in [3.63, 3.8) is 0 Å². The summed E-state index contributed by atoms with van der Waals surface area (Å²) in [5.74, 6) is -0.105. The Morgan fingerprint density at radius 1 is 0.962 bits per heavy atom. The number of nitrogens with zero attached hydrogens (tertiary/aromatic N) is 2. The van der Waals surface area contributed by atoms with Gasteiger partial charge in [0.2, 0.25) is 0 Å². The first-order valence-corrected chi connectivity index (χ1v) is 7.92. The molecule has 1 heterocycles. The van der Waals surface area contributed by atoms with Crippen molar-refractivity contribution in [2.24, 2.45) is 11.5 Å². The van der Waals surface area contributed by atoms with Gasteiger partial charge in [-0.3, -0.25) is 9.59 Å². The highest BCUT2D eigenvalue weighted by atomic mass is 16.5. The van der Waals surface area contributed by atoms with E-state index in [0.717, 1.165) is 16.9 Å². The van der Waals surface area contributed by atoms with Crippen molar-refractivity contribution in [3.8, 4) is 11.5 Å². The van der Waals surface area contributed by atoms with Gasteiger partial charge in [0.1, 0.15) is 17.2 Å². The quantitative estimate of drug-likeness (QED) is 0.709. The first kappa shape index (κ1) is 17.2. The molecule has 7 nitrogen and oxygen atoms in total. The Morgan fingerprint density at radius 3 is 2.08 bits per heavy atom. The SMILES string of the molecule is Cc1ccc(Oc2ccc(Cn3cnc(C(N)=O)c3C(N)=O)cc2)cc1. The molecule has 0 spiro atoms. The number of carbonyl (C=O) groups excluding carboxylic acids is 2. The van der Waals surface area contributed by atoms with E-state index in [-0.39, 0.29) is 11.4 Å². The van der Waals surface area contributed by atoms with E-state index in [1.54, 1.807) is 0 Å². The van der Waals surface area contributed by atoms with Crippen LogP contribution in [0.15, 0.2) is 54.9 Å². The zero-order valence-electron chi connectivity index (χ0n) is 14.2. The number of rotatable bonds is 6.